The van der Waals surface area contributed by atoms with Gasteiger partial charge in [-0.15, -0.1) is 0 Å². The number of carboxylic acid groups (broad SMARTS) is 1. The molecule has 0 aromatic heterocycles. The van der Waals surface area contributed by atoms with Gasteiger partial charge in [0.1, 0.15) is 6.04 Å². The minimum atomic E-state index is -0.948. The number of quaternary nitrogens is 1. The van der Waals surface area contributed by atoms with E-state index in [0.29, 0.717) is 16.8 Å². The number of carbonyl (C=O) groups is 1. The van der Waals surface area contributed by atoms with Crippen molar-refractivity contribution >= 4 is 5.97 Å². The monoisotopic (exact) mass is 173 g/mol. The van der Waals surface area contributed by atoms with Crippen LogP contribution in [0.4, 0.5) is 0 Å². The van der Waals surface area contributed by atoms with Crippen molar-refractivity contribution in [3.63, 3.8) is 0 Å². The third kappa shape index (κ3) is 3.72. The Morgan fingerprint density at radius 3 is 1.83 bits per heavy atom. The van der Waals surface area contributed by atoms with Crippen LogP contribution in [0.2, 0.25) is 0 Å². The van der Waals surface area contributed by atoms with Crippen LogP contribution in [-0.4, -0.2) is 37.6 Å². The van der Waals surface area contributed by atoms with E-state index in [0.717, 1.165) is 0 Å². The van der Waals surface area contributed by atoms with Gasteiger partial charge in [0.15, 0.2) is 0 Å². The van der Waals surface area contributed by atoms with Crippen molar-refractivity contribution in [3.05, 3.63) is 0 Å². The van der Waals surface area contributed by atoms with Crippen molar-refractivity contribution in [2.75, 3.05) is 21.1 Å². The van der Waals surface area contributed by atoms with E-state index in [1.807, 2.05) is 35.0 Å². The molecular formula is C9H19NO2. The van der Waals surface area contributed by atoms with Crippen LogP contribution in [0.5, 0.6) is 0 Å². The SMILES string of the molecule is CC(C)C[C@@H](C(=O)[O-])[N+](C)(C)C. The van der Waals surface area contributed by atoms with E-state index < -0.39 is 12.0 Å². The van der Waals surface area contributed by atoms with Gasteiger partial charge in [0.25, 0.3) is 0 Å². The standard InChI is InChI=1S/C9H19NO2/c1-7(2)6-8(9(11)12)10(3,4)5/h7-8H,6H2,1-5H3/t8-/m0/s1. The summed E-state index contributed by atoms with van der Waals surface area (Å²) in [6, 6.07) is -0.398. The lowest BCUT2D eigenvalue weighted by Crippen LogP contribution is -2.55. The number of nitrogens with zero attached hydrogens (tertiary/aromatic N) is 1. The second-order valence-electron chi connectivity index (χ2n) is 4.58. The molecule has 72 valence electrons. The zero-order valence-corrected chi connectivity index (χ0v) is 8.63. The van der Waals surface area contributed by atoms with E-state index in [4.69, 9.17) is 0 Å². The van der Waals surface area contributed by atoms with Crippen LogP contribution in [-0.2, 0) is 4.79 Å². The molecule has 0 heterocycles. The molecular weight excluding hydrogens is 154 g/mol. The van der Waals surface area contributed by atoms with Gasteiger partial charge >= 0.3 is 0 Å². The number of rotatable bonds is 4. The fourth-order valence-electron chi connectivity index (χ4n) is 1.18. The summed E-state index contributed by atoms with van der Waals surface area (Å²) in [5, 5.41) is 10.8. The maximum Gasteiger partial charge on any atom is 0.129 e. The first-order chi connectivity index (χ1) is 5.25. The molecule has 0 bridgehead atoms. The van der Waals surface area contributed by atoms with Crippen LogP contribution in [0.3, 0.4) is 0 Å². The summed E-state index contributed by atoms with van der Waals surface area (Å²) in [5.41, 5.74) is 0. The predicted molar refractivity (Wildman–Crippen MR) is 46.3 cm³/mol. The Bertz CT molecular complexity index is 158. The van der Waals surface area contributed by atoms with Crippen LogP contribution >= 0.6 is 0 Å². The molecule has 0 rings (SSSR count). The first kappa shape index (κ1) is 11.4. The predicted octanol–water partition coefficient (Wildman–Crippen LogP) is -0.143. The van der Waals surface area contributed by atoms with Crippen LogP contribution in [0.1, 0.15) is 20.3 Å². The summed E-state index contributed by atoms with van der Waals surface area (Å²) in [6.45, 7) is 4.04. The lowest BCUT2D eigenvalue weighted by Gasteiger charge is -2.35. The normalized spacial score (nSPS) is 14.8. The molecule has 0 aromatic carbocycles. The molecule has 3 nitrogen and oxygen atoms in total. The quantitative estimate of drug-likeness (QED) is 0.555. The zero-order chi connectivity index (χ0) is 9.94. The van der Waals surface area contributed by atoms with E-state index in [9.17, 15) is 9.90 Å². The van der Waals surface area contributed by atoms with E-state index in [2.05, 4.69) is 0 Å². The number of carbonyl (C=O) groups excluding carboxylic acids is 1. The van der Waals surface area contributed by atoms with Gasteiger partial charge in [0, 0.05) is 6.42 Å². The van der Waals surface area contributed by atoms with Crippen molar-refractivity contribution in [1.82, 2.24) is 0 Å². The molecule has 1 atom stereocenters. The summed E-state index contributed by atoms with van der Waals surface area (Å²) in [6.07, 6.45) is 0.672. The fraction of sp³-hybridized carbons (Fsp3) is 0.889. The Hall–Kier alpha value is -0.570. The largest absolute Gasteiger partial charge is 0.544 e. The minimum absolute atomic E-state index is 0.394. The molecule has 0 unspecified atom stereocenters. The van der Waals surface area contributed by atoms with Crippen molar-refractivity contribution in [3.8, 4) is 0 Å². The lowest BCUT2D eigenvalue weighted by atomic mass is 10.0. The Morgan fingerprint density at radius 2 is 1.75 bits per heavy atom. The number of hydrogen-bond donors (Lipinski definition) is 0. The zero-order valence-electron chi connectivity index (χ0n) is 8.63. The molecule has 3 heteroatoms. The van der Waals surface area contributed by atoms with Crippen LogP contribution in [0, 0.1) is 5.92 Å². The van der Waals surface area contributed by atoms with Gasteiger partial charge < -0.3 is 14.4 Å². The highest BCUT2D eigenvalue weighted by Gasteiger charge is 2.25. The maximum atomic E-state index is 10.8. The van der Waals surface area contributed by atoms with Crippen molar-refractivity contribution in [2.45, 2.75) is 26.3 Å². The molecule has 0 aliphatic rings. The average molecular weight is 173 g/mol. The highest BCUT2D eigenvalue weighted by atomic mass is 16.4. The lowest BCUT2D eigenvalue weighted by molar-refractivity contribution is -0.890. The molecule has 0 radical (unpaired) electrons. The van der Waals surface area contributed by atoms with Gasteiger partial charge in [-0.25, -0.2) is 0 Å². The molecule has 0 saturated heterocycles. The van der Waals surface area contributed by atoms with Crippen molar-refractivity contribution in [1.29, 1.82) is 0 Å². The summed E-state index contributed by atoms with van der Waals surface area (Å²) in [7, 11) is 5.63. The summed E-state index contributed by atoms with van der Waals surface area (Å²) >= 11 is 0. The molecule has 0 aliphatic heterocycles. The molecule has 0 spiro atoms. The van der Waals surface area contributed by atoms with Gasteiger partial charge in [-0.3, -0.25) is 0 Å². The van der Waals surface area contributed by atoms with Crippen LogP contribution in [0.15, 0.2) is 0 Å². The average Bonchev–Trinajstić information content (AvgIpc) is 1.79. The maximum absolute atomic E-state index is 10.8. The smallest absolute Gasteiger partial charge is 0.129 e. The van der Waals surface area contributed by atoms with Gasteiger partial charge in [0.2, 0.25) is 0 Å². The highest BCUT2D eigenvalue weighted by molar-refractivity contribution is 5.69. The molecule has 0 aromatic rings. The molecule has 0 saturated carbocycles. The molecule has 0 N–H and O–H groups in total. The second-order valence-corrected chi connectivity index (χ2v) is 4.58. The number of likely N-dealkylation sites (N-methyl/N-ethyl adjacent to an activating group) is 1. The number of aliphatic carboxylic acids is 1. The molecule has 0 fully saturated rings. The van der Waals surface area contributed by atoms with Crippen LogP contribution < -0.4 is 5.11 Å². The van der Waals surface area contributed by atoms with E-state index in [1.54, 1.807) is 0 Å². The Labute approximate surface area is 74.6 Å². The minimum Gasteiger partial charge on any atom is -0.544 e. The Balaban J connectivity index is 4.35. The second kappa shape index (κ2) is 3.90. The fourth-order valence-corrected chi connectivity index (χ4v) is 1.18. The summed E-state index contributed by atoms with van der Waals surface area (Å²) < 4.78 is 0.431. The van der Waals surface area contributed by atoms with E-state index >= 15 is 0 Å². The molecule has 0 amide bonds. The Kier molecular flexibility index (Phi) is 3.71. The first-order valence-corrected chi connectivity index (χ1v) is 4.27. The number of carboxylic acids is 1. The summed E-state index contributed by atoms with van der Waals surface area (Å²) in [5.74, 6) is -0.554. The van der Waals surface area contributed by atoms with E-state index in [1.165, 1.54) is 0 Å². The topological polar surface area (TPSA) is 40.1 Å². The number of hydrogen-bond acceptors (Lipinski definition) is 2. The van der Waals surface area contributed by atoms with Crippen LogP contribution in [0.25, 0.3) is 0 Å². The first-order valence-electron chi connectivity index (χ1n) is 4.27. The van der Waals surface area contributed by atoms with Crippen molar-refractivity contribution in [2.24, 2.45) is 5.92 Å². The van der Waals surface area contributed by atoms with Gasteiger partial charge in [0.05, 0.1) is 27.1 Å². The third-order valence-corrected chi connectivity index (χ3v) is 1.90. The molecule has 0 aliphatic carbocycles. The van der Waals surface area contributed by atoms with E-state index in [-0.39, 0.29) is 0 Å². The third-order valence-electron chi connectivity index (χ3n) is 1.90. The van der Waals surface area contributed by atoms with Gasteiger partial charge in [-0.2, -0.15) is 0 Å². The van der Waals surface area contributed by atoms with Crippen molar-refractivity contribution < 1.29 is 14.4 Å². The highest BCUT2D eigenvalue weighted by Crippen LogP contribution is 2.12. The summed E-state index contributed by atoms with van der Waals surface area (Å²) in [4.78, 5) is 10.8. The van der Waals surface area contributed by atoms with Gasteiger partial charge in [-0.05, 0) is 5.92 Å². The van der Waals surface area contributed by atoms with Gasteiger partial charge in [-0.1, -0.05) is 13.8 Å². The Morgan fingerprint density at radius 1 is 1.33 bits per heavy atom. The molecule has 12 heavy (non-hydrogen) atoms.